The summed E-state index contributed by atoms with van der Waals surface area (Å²) >= 11 is 9.84. The van der Waals surface area contributed by atoms with Crippen molar-refractivity contribution in [3.63, 3.8) is 0 Å². The molecule has 0 spiro atoms. The summed E-state index contributed by atoms with van der Waals surface area (Å²) in [6, 6.07) is 9.48. The lowest BCUT2D eigenvalue weighted by molar-refractivity contribution is -0.124. The first-order valence-corrected chi connectivity index (χ1v) is 10.2. The molecule has 3 aromatic rings. The molecule has 7 nitrogen and oxygen atoms in total. The molecule has 1 aliphatic rings. The van der Waals surface area contributed by atoms with Crippen molar-refractivity contribution in [1.29, 1.82) is 0 Å². The van der Waals surface area contributed by atoms with Crippen molar-refractivity contribution in [1.82, 2.24) is 19.9 Å². The second-order valence-electron chi connectivity index (χ2n) is 6.51. The number of carbonyl (C=O) groups is 1. The summed E-state index contributed by atoms with van der Waals surface area (Å²) in [6.07, 6.45) is 2.48. The van der Waals surface area contributed by atoms with Crippen molar-refractivity contribution < 1.29 is 9.53 Å². The minimum Gasteiger partial charge on any atom is -0.381 e. The number of carbonyl (C=O) groups excluding carboxylic acids is 1. The molecule has 0 aliphatic carbocycles. The minimum atomic E-state index is -0.0403. The van der Waals surface area contributed by atoms with Gasteiger partial charge in [-0.25, -0.2) is 4.98 Å². The Morgan fingerprint density at radius 3 is 3.00 bits per heavy atom. The van der Waals surface area contributed by atoms with Crippen LogP contribution in [0.2, 0.25) is 5.02 Å². The van der Waals surface area contributed by atoms with Gasteiger partial charge in [-0.1, -0.05) is 29.8 Å². The van der Waals surface area contributed by atoms with E-state index in [-0.39, 0.29) is 11.8 Å². The second kappa shape index (κ2) is 8.46. The lowest BCUT2D eigenvalue weighted by Crippen LogP contribution is -2.34. The molecule has 28 heavy (non-hydrogen) atoms. The number of fused-ring (bicyclic) bond motifs is 1. The summed E-state index contributed by atoms with van der Waals surface area (Å²) in [4.78, 5) is 16.8. The molecule has 1 unspecified atom stereocenters. The smallest absolute Gasteiger partial charge is 0.225 e. The van der Waals surface area contributed by atoms with Crippen LogP contribution in [0.15, 0.2) is 41.0 Å². The predicted octanol–water partition coefficient (Wildman–Crippen LogP) is 3.38. The molecule has 1 saturated heterocycles. The normalized spacial score (nSPS) is 16.4. The van der Waals surface area contributed by atoms with Crippen LogP contribution in [0.3, 0.4) is 0 Å². The Balaban J connectivity index is 1.51. The van der Waals surface area contributed by atoms with E-state index in [0.29, 0.717) is 37.0 Å². The Labute approximate surface area is 175 Å². The average Bonchev–Trinajstić information content (AvgIpc) is 3.36. The van der Waals surface area contributed by atoms with Crippen molar-refractivity contribution in [2.45, 2.75) is 6.42 Å². The molecule has 0 bridgehead atoms. The fraction of sp³-hybridized carbons (Fsp3) is 0.316. The maximum absolute atomic E-state index is 12.1. The molecule has 1 atom stereocenters. The van der Waals surface area contributed by atoms with E-state index >= 15 is 0 Å². The number of hydrogen-bond donors (Lipinski definition) is 2. The van der Waals surface area contributed by atoms with Gasteiger partial charge in [-0.05, 0) is 28.4 Å². The molecule has 2 N–H and O–H groups in total. The Morgan fingerprint density at radius 2 is 2.21 bits per heavy atom. The van der Waals surface area contributed by atoms with Crippen LogP contribution in [0.4, 0.5) is 5.82 Å². The Bertz CT molecular complexity index is 1000. The highest BCUT2D eigenvalue weighted by Gasteiger charge is 2.22. The second-order valence-corrected chi connectivity index (χ2v) is 7.77. The first kappa shape index (κ1) is 19.2. The molecule has 146 valence electrons. The summed E-state index contributed by atoms with van der Waals surface area (Å²) < 4.78 is 7.77. The van der Waals surface area contributed by atoms with Gasteiger partial charge in [-0.3, -0.25) is 4.79 Å². The summed E-state index contributed by atoms with van der Waals surface area (Å²) in [5.41, 5.74) is 2.28. The Morgan fingerprint density at radius 1 is 1.36 bits per heavy atom. The van der Waals surface area contributed by atoms with Crippen LogP contribution in [-0.2, 0) is 9.53 Å². The molecule has 9 heteroatoms. The molecule has 2 aromatic heterocycles. The number of aromatic nitrogens is 3. The SMILES string of the molecule is O=C(NCCNc1cc(-c2ccccc2Cl)nc2c(Br)cnn12)C1CCOC1. The zero-order chi connectivity index (χ0) is 19.5. The Kier molecular flexibility index (Phi) is 5.79. The zero-order valence-corrected chi connectivity index (χ0v) is 17.3. The number of nitrogens with zero attached hydrogens (tertiary/aromatic N) is 3. The number of halogens is 2. The van der Waals surface area contributed by atoms with Gasteiger partial charge in [0, 0.05) is 36.3 Å². The average molecular weight is 465 g/mol. The van der Waals surface area contributed by atoms with E-state index in [1.165, 1.54) is 0 Å². The van der Waals surface area contributed by atoms with E-state index in [2.05, 4.69) is 36.6 Å². The molecule has 0 saturated carbocycles. The van der Waals surface area contributed by atoms with Gasteiger partial charge in [0.15, 0.2) is 5.65 Å². The van der Waals surface area contributed by atoms with Crippen LogP contribution in [0.5, 0.6) is 0 Å². The van der Waals surface area contributed by atoms with Crippen LogP contribution < -0.4 is 10.6 Å². The van der Waals surface area contributed by atoms with Crippen LogP contribution in [0.1, 0.15) is 6.42 Å². The predicted molar refractivity (Wildman–Crippen MR) is 112 cm³/mol. The quantitative estimate of drug-likeness (QED) is 0.547. The highest BCUT2D eigenvalue weighted by atomic mass is 79.9. The first-order chi connectivity index (χ1) is 13.6. The van der Waals surface area contributed by atoms with E-state index in [0.717, 1.165) is 28.0 Å². The van der Waals surface area contributed by atoms with Gasteiger partial charge >= 0.3 is 0 Å². The molecule has 1 aromatic carbocycles. The van der Waals surface area contributed by atoms with Crippen LogP contribution in [-0.4, -0.2) is 46.8 Å². The monoisotopic (exact) mass is 463 g/mol. The molecular formula is C19H19BrClN5O2. The minimum absolute atomic E-state index is 0.0396. The number of nitrogens with one attached hydrogen (secondary N) is 2. The number of amides is 1. The van der Waals surface area contributed by atoms with Gasteiger partial charge in [0.1, 0.15) is 5.82 Å². The highest BCUT2D eigenvalue weighted by Crippen LogP contribution is 2.30. The Hall–Kier alpha value is -2.16. The van der Waals surface area contributed by atoms with Crippen LogP contribution in [0.25, 0.3) is 16.9 Å². The standard InChI is InChI=1S/C19H19BrClN5O2/c20-14-10-24-26-17(22-6-7-23-19(27)12-5-8-28-11-12)9-16(25-18(14)26)13-3-1-2-4-15(13)21/h1-4,9-10,12,22H,5-8,11H2,(H,23,27). The van der Waals surface area contributed by atoms with E-state index in [4.69, 9.17) is 16.3 Å². The maximum Gasteiger partial charge on any atom is 0.225 e. The number of rotatable bonds is 6. The largest absolute Gasteiger partial charge is 0.381 e. The third-order valence-corrected chi connectivity index (χ3v) is 5.50. The van der Waals surface area contributed by atoms with Crippen molar-refractivity contribution in [3.8, 4) is 11.3 Å². The maximum atomic E-state index is 12.1. The van der Waals surface area contributed by atoms with Gasteiger partial charge in [0.05, 0.1) is 28.9 Å². The van der Waals surface area contributed by atoms with Crippen molar-refractivity contribution in [2.24, 2.45) is 5.92 Å². The van der Waals surface area contributed by atoms with Crippen molar-refractivity contribution in [3.05, 3.63) is 46.0 Å². The summed E-state index contributed by atoms with van der Waals surface area (Å²) in [5.74, 6) is 0.767. The van der Waals surface area contributed by atoms with Crippen molar-refractivity contribution in [2.75, 3.05) is 31.6 Å². The molecule has 3 heterocycles. The van der Waals surface area contributed by atoms with E-state index in [1.54, 1.807) is 10.7 Å². The van der Waals surface area contributed by atoms with Crippen molar-refractivity contribution >= 4 is 44.9 Å². The topological polar surface area (TPSA) is 80.5 Å². The fourth-order valence-corrected chi connectivity index (χ4v) is 3.71. The van der Waals surface area contributed by atoms with Gasteiger partial charge in [-0.2, -0.15) is 9.61 Å². The van der Waals surface area contributed by atoms with E-state index in [9.17, 15) is 4.79 Å². The summed E-state index contributed by atoms with van der Waals surface area (Å²) in [6.45, 7) is 2.22. The van der Waals surface area contributed by atoms with Gasteiger partial charge < -0.3 is 15.4 Å². The molecule has 0 radical (unpaired) electrons. The lowest BCUT2D eigenvalue weighted by atomic mass is 10.1. The third kappa shape index (κ3) is 3.99. The summed E-state index contributed by atoms with van der Waals surface area (Å²) in [7, 11) is 0. The zero-order valence-electron chi connectivity index (χ0n) is 15.0. The number of hydrogen-bond acceptors (Lipinski definition) is 5. The molecular weight excluding hydrogens is 446 g/mol. The number of benzene rings is 1. The molecule has 1 aliphatic heterocycles. The first-order valence-electron chi connectivity index (χ1n) is 9.02. The van der Waals surface area contributed by atoms with Crippen LogP contribution >= 0.6 is 27.5 Å². The van der Waals surface area contributed by atoms with E-state index in [1.807, 2.05) is 30.3 Å². The highest BCUT2D eigenvalue weighted by molar-refractivity contribution is 9.10. The lowest BCUT2D eigenvalue weighted by Gasteiger charge is -2.13. The fourth-order valence-electron chi connectivity index (χ4n) is 3.13. The number of anilines is 1. The third-order valence-electron chi connectivity index (χ3n) is 4.61. The molecule has 4 rings (SSSR count). The van der Waals surface area contributed by atoms with Gasteiger partial charge in [0.25, 0.3) is 0 Å². The van der Waals surface area contributed by atoms with E-state index < -0.39 is 0 Å². The molecule has 1 amide bonds. The molecule has 1 fully saturated rings. The van der Waals surface area contributed by atoms with Gasteiger partial charge in [0.2, 0.25) is 5.91 Å². The number of ether oxygens (including phenoxy) is 1. The van der Waals surface area contributed by atoms with Crippen LogP contribution in [0, 0.1) is 5.92 Å². The van der Waals surface area contributed by atoms with Gasteiger partial charge in [-0.15, -0.1) is 0 Å². The summed E-state index contributed by atoms with van der Waals surface area (Å²) in [5, 5.41) is 11.3.